The van der Waals surface area contributed by atoms with Crippen LogP contribution in [0.2, 0.25) is 0 Å². The van der Waals surface area contributed by atoms with Gasteiger partial charge in [0.05, 0.1) is 12.3 Å². The summed E-state index contributed by atoms with van der Waals surface area (Å²) in [7, 11) is 0. The Labute approximate surface area is 141 Å². The van der Waals surface area contributed by atoms with E-state index >= 15 is 0 Å². The molecule has 1 aromatic carbocycles. The van der Waals surface area contributed by atoms with Crippen LogP contribution in [0.15, 0.2) is 47.2 Å². The zero-order chi connectivity index (χ0) is 15.9. The molecule has 2 unspecified atom stereocenters. The summed E-state index contributed by atoms with van der Waals surface area (Å²) < 4.78 is 6.74. The Morgan fingerprint density at radius 2 is 2.09 bits per heavy atom. The van der Waals surface area contributed by atoms with E-state index in [0.717, 1.165) is 22.3 Å². The summed E-state index contributed by atoms with van der Waals surface area (Å²) in [4.78, 5) is 4.13. The molecule has 2 aromatic rings. The fourth-order valence-electron chi connectivity index (χ4n) is 2.60. The molecule has 0 saturated carbocycles. The molecule has 1 N–H and O–H groups in total. The van der Waals surface area contributed by atoms with Crippen LogP contribution in [-0.2, 0) is 0 Å². The van der Waals surface area contributed by atoms with E-state index in [-0.39, 0.29) is 0 Å². The minimum Gasteiger partial charge on any atom is -0.494 e. The Kier molecular flexibility index (Phi) is 6.25. The van der Waals surface area contributed by atoms with Gasteiger partial charge in [-0.1, -0.05) is 22.9 Å². The van der Waals surface area contributed by atoms with E-state index in [1.807, 2.05) is 31.3 Å². The summed E-state index contributed by atoms with van der Waals surface area (Å²) >= 11 is 3.65. The first-order valence-electron chi connectivity index (χ1n) is 7.69. The summed E-state index contributed by atoms with van der Waals surface area (Å²) in [5.41, 5.74) is 2.34. The lowest BCUT2D eigenvalue weighted by molar-refractivity contribution is 0.339. The average Bonchev–Trinajstić information content (AvgIpc) is 2.50. The second-order valence-corrected chi connectivity index (χ2v) is 6.39. The summed E-state index contributed by atoms with van der Waals surface area (Å²) in [5, 5.41) is 3.49. The molecule has 4 heteroatoms. The third-order valence-corrected chi connectivity index (χ3v) is 4.31. The zero-order valence-electron chi connectivity index (χ0n) is 13.3. The van der Waals surface area contributed by atoms with Crippen molar-refractivity contribution in [2.45, 2.75) is 39.2 Å². The summed E-state index contributed by atoms with van der Waals surface area (Å²) in [6.07, 6.45) is 4.67. The van der Waals surface area contributed by atoms with Crippen molar-refractivity contribution in [3.05, 3.63) is 52.8 Å². The van der Waals surface area contributed by atoms with Gasteiger partial charge in [-0.2, -0.15) is 0 Å². The van der Waals surface area contributed by atoms with Gasteiger partial charge in [0.25, 0.3) is 0 Å². The number of halogens is 1. The highest BCUT2D eigenvalue weighted by atomic mass is 79.9. The topological polar surface area (TPSA) is 34.1 Å². The first kappa shape index (κ1) is 16.8. The van der Waals surface area contributed by atoms with Gasteiger partial charge in [-0.25, -0.2) is 0 Å². The number of nitrogens with one attached hydrogen (secondary N) is 1. The number of benzene rings is 1. The molecule has 0 saturated heterocycles. The van der Waals surface area contributed by atoms with E-state index < -0.39 is 0 Å². The minimum atomic E-state index is 0.363. The van der Waals surface area contributed by atoms with Gasteiger partial charge in [-0.05, 0) is 62.1 Å². The molecule has 0 fully saturated rings. The molecule has 0 aliphatic rings. The number of ether oxygens (including phenoxy) is 1. The Bertz CT molecular complexity index is 589. The number of anilines is 1. The fraction of sp³-hybridized carbons (Fsp3) is 0.389. The second-order valence-electron chi connectivity index (χ2n) is 5.54. The number of hydrogen-bond donors (Lipinski definition) is 1. The molecule has 0 aliphatic heterocycles. The quantitative estimate of drug-likeness (QED) is 0.731. The molecule has 2 atom stereocenters. The highest BCUT2D eigenvalue weighted by molar-refractivity contribution is 9.10. The zero-order valence-corrected chi connectivity index (χ0v) is 14.9. The van der Waals surface area contributed by atoms with Crippen molar-refractivity contribution in [3.63, 3.8) is 0 Å². The molecule has 0 radical (unpaired) electrons. The molecule has 2 rings (SSSR count). The number of rotatable bonds is 7. The van der Waals surface area contributed by atoms with Crippen LogP contribution in [0.25, 0.3) is 0 Å². The van der Waals surface area contributed by atoms with Crippen molar-refractivity contribution < 1.29 is 4.74 Å². The number of aromatic nitrogens is 1. The number of hydrogen-bond acceptors (Lipinski definition) is 3. The molecular weight excluding hydrogens is 340 g/mol. The highest BCUT2D eigenvalue weighted by Gasteiger charge is 2.14. The molecular formula is C18H23BrN2O. The maximum Gasteiger partial charge on any atom is 0.119 e. The van der Waals surface area contributed by atoms with Crippen LogP contribution in [-0.4, -0.2) is 17.6 Å². The minimum absolute atomic E-state index is 0.363. The molecule has 22 heavy (non-hydrogen) atoms. The number of pyridine rings is 1. The van der Waals surface area contributed by atoms with Crippen LogP contribution < -0.4 is 10.1 Å². The maximum atomic E-state index is 5.61. The third kappa shape index (κ3) is 4.73. The molecule has 0 bridgehead atoms. The van der Waals surface area contributed by atoms with Gasteiger partial charge >= 0.3 is 0 Å². The summed E-state index contributed by atoms with van der Waals surface area (Å²) in [6.45, 7) is 7.14. The molecule has 3 nitrogen and oxygen atoms in total. The summed E-state index contributed by atoms with van der Waals surface area (Å²) in [6, 6.07) is 10.5. The summed E-state index contributed by atoms with van der Waals surface area (Å²) in [5.74, 6) is 1.36. The van der Waals surface area contributed by atoms with E-state index in [4.69, 9.17) is 4.74 Å². The van der Waals surface area contributed by atoms with Gasteiger partial charge in [0, 0.05) is 22.9 Å². The SMILES string of the molecule is CCOc1ccc(Br)c(C(C)CC(C)Nc2cccnc2)c1. The van der Waals surface area contributed by atoms with Crippen LogP contribution in [0.4, 0.5) is 5.69 Å². The molecule has 1 aromatic heterocycles. The van der Waals surface area contributed by atoms with Gasteiger partial charge in [0.15, 0.2) is 0 Å². The normalized spacial score (nSPS) is 13.5. The monoisotopic (exact) mass is 362 g/mol. The Morgan fingerprint density at radius 3 is 2.77 bits per heavy atom. The van der Waals surface area contributed by atoms with E-state index in [1.54, 1.807) is 6.20 Å². The average molecular weight is 363 g/mol. The maximum absolute atomic E-state index is 5.61. The van der Waals surface area contributed by atoms with Crippen LogP contribution in [0, 0.1) is 0 Å². The first-order chi connectivity index (χ1) is 10.6. The van der Waals surface area contributed by atoms with Crippen molar-refractivity contribution in [1.29, 1.82) is 0 Å². The van der Waals surface area contributed by atoms with Crippen LogP contribution in [0.3, 0.4) is 0 Å². The van der Waals surface area contributed by atoms with Crippen LogP contribution in [0.1, 0.15) is 38.7 Å². The highest BCUT2D eigenvalue weighted by Crippen LogP contribution is 2.31. The van der Waals surface area contributed by atoms with Crippen molar-refractivity contribution in [2.75, 3.05) is 11.9 Å². The molecule has 118 valence electrons. The lowest BCUT2D eigenvalue weighted by Crippen LogP contribution is -2.18. The number of nitrogens with zero attached hydrogens (tertiary/aromatic N) is 1. The van der Waals surface area contributed by atoms with Crippen molar-refractivity contribution in [2.24, 2.45) is 0 Å². The van der Waals surface area contributed by atoms with E-state index in [2.05, 4.69) is 52.2 Å². The first-order valence-corrected chi connectivity index (χ1v) is 8.48. The predicted octanol–water partition coefficient (Wildman–Crippen LogP) is 5.24. The lowest BCUT2D eigenvalue weighted by atomic mass is 9.94. The van der Waals surface area contributed by atoms with Crippen LogP contribution in [0.5, 0.6) is 5.75 Å². The van der Waals surface area contributed by atoms with Crippen molar-refractivity contribution in [1.82, 2.24) is 4.98 Å². The lowest BCUT2D eigenvalue weighted by Gasteiger charge is -2.21. The Morgan fingerprint density at radius 1 is 1.27 bits per heavy atom. The van der Waals surface area contributed by atoms with E-state index in [9.17, 15) is 0 Å². The fourth-order valence-corrected chi connectivity index (χ4v) is 3.24. The van der Waals surface area contributed by atoms with E-state index in [0.29, 0.717) is 18.6 Å². The second kappa shape index (κ2) is 8.18. The van der Waals surface area contributed by atoms with Gasteiger partial charge in [-0.15, -0.1) is 0 Å². The predicted molar refractivity (Wildman–Crippen MR) is 95.7 cm³/mol. The van der Waals surface area contributed by atoms with Crippen molar-refractivity contribution in [3.8, 4) is 5.75 Å². The standard InChI is InChI=1S/C18H23BrN2O/c1-4-22-16-7-8-18(19)17(11-16)13(2)10-14(3)21-15-6-5-9-20-12-15/h5-9,11-14,21H,4,10H2,1-3H3. The van der Waals surface area contributed by atoms with E-state index in [1.165, 1.54) is 5.56 Å². The molecule has 1 heterocycles. The Balaban J connectivity index is 2.02. The molecule has 0 amide bonds. The molecule has 0 aliphatic carbocycles. The van der Waals surface area contributed by atoms with Crippen LogP contribution >= 0.6 is 15.9 Å². The van der Waals surface area contributed by atoms with Gasteiger partial charge in [-0.3, -0.25) is 4.98 Å². The Hall–Kier alpha value is -1.55. The van der Waals surface area contributed by atoms with Gasteiger partial charge in [0.1, 0.15) is 5.75 Å². The molecule has 0 spiro atoms. The van der Waals surface area contributed by atoms with Gasteiger partial charge in [0.2, 0.25) is 0 Å². The third-order valence-electron chi connectivity index (χ3n) is 3.59. The van der Waals surface area contributed by atoms with Gasteiger partial charge < -0.3 is 10.1 Å². The largest absolute Gasteiger partial charge is 0.494 e. The van der Waals surface area contributed by atoms with Crippen molar-refractivity contribution >= 4 is 21.6 Å². The smallest absolute Gasteiger partial charge is 0.119 e.